The van der Waals surface area contributed by atoms with Gasteiger partial charge in [0.05, 0.1) is 0 Å². The van der Waals surface area contributed by atoms with Crippen LogP contribution in [0.1, 0.15) is 57.7 Å². The molecule has 0 bridgehead atoms. The lowest BCUT2D eigenvalue weighted by Gasteiger charge is -2.20. The normalized spacial score (nSPS) is 18.8. The first-order chi connectivity index (χ1) is 9.95. The molecule has 0 spiro atoms. The van der Waals surface area contributed by atoms with Gasteiger partial charge in [0.1, 0.15) is 5.57 Å². The Bertz CT molecular complexity index is 685. The van der Waals surface area contributed by atoms with E-state index in [4.69, 9.17) is 0 Å². The highest BCUT2D eigenvalue weighted by molar-refractivity contribution is 6.24. The van der Waals surface area contributed by atoms with Crippen LogP contribution in [0.3, 0.4) is 0 Å². The molecule has 0 saturated carbocycles. The highest BCUT2D eigenvalue weighted by Crippen LogP contribution is 2.47. The van der Waals surface area contributed by atoms with E-state index in [1.54, 1.807) is 20.8 Å². The number of carboxylic acids is 1. The van der Waals surface area contributed by atoms with Crippen LogP contribution in [-0.4, -0.2) is 16.9 Å². The monoisotopic (exact) mass is 300 g/mol. The molecule has 1 N–H and O–H groups in total. The summed E-state index contributed by atoms with van der Waals surface area (Å²) in [5.74, 6) is -1.43. The molecular formula is C19H24O3. The zero-order chi connectivity index (χ0) is 16.9. The molecule has 0 radical (unpaired) electrons. The van der Waals surface area contributed by atoms with E-state index in [1.165, 1.54) is 0 Å². The van der Waals surface area contributed by atoms with Crippen molar-refractivity contribution in [2.75, 3.05) is 0 Å². The number of carboxylic acid groups (broad SMARTS) is 1. The van der Waals surface area contributed by atoms with Gasteiger partial charge in [-0.1, -0.05) is 58.4 Å². The molecule has 0 heterocycles. The van der Waals surface area contributed by atoms with E-state index < -0.39 is 11.4 Å². The van der Waals surface area contributed by atoms with Crippen LogP contribution in [0.4, 0.5) is 0 Å². The van der Waals surface area contributed by atoms with E-state index in [-0.39, 0.29) is 16.8 Å². The third-order valence-electron chi connectivity index (χ3n) is 4.27. The minimum absolute atomic E-state index is 0.0510. The maximum absolute atomic E-state index is 12.7. The first kappa shape index (κ1) is 16.5. The molecule has 1 aliphatic carbocycles. The summed E-state index contributed by atoms with van der Waals surface area (Å²) in [6.07, 6.45) is 0.579. The number of hydrogen-bond acceptors (Lipinski definition) is 2. The average Bonchev–Trinajstić information content (AvgIpc) is 2.59. The minimum Gasteiger partial charge on any atom is -0.478 e. The molecule has 1 aromatic carbocycles. The number of carbonyl (C=O) groups is 2. The van der Waals surface area contributed by atoms with Gasteiger partial charge in [-0.05, 0) is 35.5 Å². The van der Waals surface area contributed by atoms with Crippen LogP contribution in [0.2, 0.25) is 0 Å². The Morgan fingerprint density at radius 2 is 1.77 bits per heavy atom. The van der Waals surface area contributed by atoms with Gasteiger partial charge < -0.3 is 5.11 Å². The topological polar surface area (TPSA) is 54.4 Å². The predicted octanol–water partition coefficient (Wildman–Crippen LogP) is 4.13. The summed E-state index contributed by atoms with van der Waals surface area (Å²) in [5, 5.41) is 9.65. The second-order valence-electron chi connectivity index (χ2n) is 7.85. The summed E-state index contributed by atoms with van der Waals surface area (Å²) in [5.41, 5.74) is 2.87. The number of aliphatic carboxylic acids is 1. The lowest BCUT2D eigenvalue weighted by molar-refractivity contribution is -0.136. The molecule has 0 aromatic heterocycles. The summed E-state index contributed by atoms with van der Waals surface area (Å²) < 4.78 is 0. The van der Waals surface area contributed by atoms with Crippen molar-refractivity contribution in [1.29, 1.82) is 0 Å². The third kappa shape index (κ3) is 2.72. The maximum atomic E-state index is 12.7. The summed E-state index contributed by atoms with van der Waals surface area (Å²) in [4.78, 5) is 24.5. The van der Waals surface area contributed by atoms with Crippen molar-refractivity contribution in [3.63, 3.8) is 0 Å². The molecule has 0 fully saturated rings. The van der Waals surface area contributed by atoms with Crippen LogP contribution < -0.4 is 0 Å². The molecule has 118 valence electrons. The summed E-state index contributed by atoms with van der Waals surface area (Å²) in [7, 11) is 0. The van der Waals surface area contributed by atoms with Crippen molar-refractivity contribution in [3.05, 3.63) is 40.5 Å². The number of carbonyl (C=O) groups excluding carboxylic acids is 1. The first-order valence-corrected chi connectivity index (χ1v) is 7.58. The average molecular weight is 300 g/mol. The van der Waals surface area contributed by atoms with E-state index in [0.29, 0.717) is 12.0 Å². The largest absolute Gasteiger partial charge is 0.478 e. The van der Waals surface area contributed by atoms with E-state index in [1.807, 2.05) is 19.1 Å². The van der Waals surface area contributed by atoms with Crippen molar-refractivity contribution in [1.82, 2.24) is 0 Å². The van der Waals surface area contributed by atoms with E-state index in [2.05, 4.69) is 19.9 Å². The Balaban J connectivity index is 2.77. The van der Waals surface area contributed by atoms with Gasteiger partial charge in [0.15, 0.2) is 5.78 Å². The number of fused-ring (bicyclic) bond motifs is 1. The van der Waals surface area contributed by atoms with Gasteiger partial charge in [0.25, 0.3) is 0 Å². The summed E-state index contributed by atoms with van der Waals surface area (Å²) in [6.45, 7) is 11.4. The van der Waals surface area contributed by atoms with E-state index in [9.17, 15) is 14.7 Å². The van der Waals surface area contributed by atoms with Gasteiger partial charge in [-0.15, -0.1) is 0 Å². The van der Waals surface area contributed by atoms with Gasteiger partial charge in [-0.25, -0.2) is 4.79 Å². The standard InChI is InChI=1S/C19H24O3/c1-11-7-8-14-12(9-11)13(10-19(14,5)6)15(17(21)22)16(20)18(2,3)4/h7-9H,10H2,1-6H3,(H,21,22). The Morgan fingerprint density at radius 3 is 2.27 bits per heavy atom. The molecule has 1 aliphatic rings. The zero-order valence-corrected chi connectivity index (χ0v) is 14.2. The van der Waals surface area contributed by atoms with E-state index >= 15 is 0 Å². The summed E-state index contributed by atoms with van der Waals surface area (Å²) in [6, 6.07) is 6.09. The molecule has 0 atom stereocenters. The number of allylic oxidation sites excluding steroid dienone is 1. The van der Waals surface area contributed by atoms with E-state index in [0.717, 1.165) is 16.7 Å². The number of Topliss-reactive ketones (excluding diaryl/α,β-unsaturated/α-hetero) is 1. The lowest BCUT2D eigenvalue weighted by atomic mass is 9.82. The predicted molar refractivity (Wildman–Crippen MR) is 87.8 cm³/mol. The molecule has 22 heavy (non-hydrogen) atoms. The maximum Gasteiger partial charge on any atom is 0.339 e. The van der Waals surface area contributed by atoms with Crippen molar-refractivity contribution in [2.24, 2.45) is 5.41 Å². The molecule has 0 saturated heterocycles. The molecule has 0 unspecified atom stereocenters. The minimum atomic E-state index is -1.12. The Morgan fingerprint density at radius 1 is 1.18 bits per heavy atom. The molecule has 1 aromatic rings. The molecule has 2 rings (SSSR count). The van der Waals surface area contributed by atoms with Crippen LogP contribution in [0, 0.1) is 12.3 Å². The second kappa shape index (κ2) is 5.08. The Kier molecular flexibility index (Phi) is 3.80. The van der Waals surface area contributed by atoms with Crippen LogP contribution in [0.15, 0.2) is 23.8 Å². The number of benzene rings is 1. The smallest absolute Gasteiger partial charge is 0.339 e. The van der Waals surface area contributed by atoms with Gasteiger partial charge in [0.2, 0.25) is 0 Å². The fourth-order valence-corrected chi connectivity index (χ4v) is 3.09. The second-order valence-corrected chi connectivity index (χ2v) is 7.85. The van der Waals surface area contributed by atoms with Crippen molar-refractivity contribution < 1.29 is 14.7 Å². The molecule has 0 aliphatic heterocycles. The van der Waals surface area contributed by atoms with Crippen molar-refractivity contribution in [2.45, 2.75) is 53.4 Å². The summed E-state index contributed by atoms with van der Waals surface area (Å²) >= 11 is 0. The van der Waals surface area contributed by atoms with Crippen LogP contribution in [0.25, 0.3) is 5.57 Å². The Hall–Kier alpha value is -1.90. The highest BCUT2D eigenvalue weighted by Gasteiger charge is 2.39. The van der Waals surface area contributed by atoms with Gasteiger partial charge in [-0.2, -0.15) is 0 Å². The SMILES string of the molecule is Cc1ccc2c(c1)C(=C(C(=O)O)C(=O)C(C)(C)C)CC2(C)C. The molecule has 3 heteroatoms. The molecular weight excluding hydrogens is 276 g/mol. The van der Waals surface area contributed by atoms with Crippen LogP contribution in [-0.2, 0) is 15.0 Å². The van der Waals surface area contributed by atoms with Crippen molar-refractivity contribution >= 4 is 17.3 Å². The van der Waals surface area contributed by atoms with Crippen LogP contribution in [0.5, 0.6) is 0 Å². The molecule has 3 nitrogen and oxygen atoms in total. The highest BCUT2D eigenvalue weighted by atomic mass is 16.4. The number of ketones is 1. The lowest BCUT2D eigenvalue weighted by Crippen LogP contribution is -2.27. The fourth-order valence-electron chi connectivity index (χ4n) is 3.09. The van der Waals surface area contributed by atoms with Gasteiger partial charge >= 0.3 is 5.97 Å². The van der Waals surface area contributed by atoms with Crippen molar-refractivity contribution in [3.8, 4) is 0 Å². The number of hydrogen-bond donors (Lipinski definition) is 1. The number of aryl methyl sites for hydroxylation is 1. The fraction of sp³-hybridized carbons (Fsp3) is 0.474. The Labute approximate surface area is 132 Å². The quantitative estimate of drug-likeness (QED) is 0.507. The van der Waals surface area contributed by atoms with Gasteiger partial charge in [0, 0.05) is 5.41 Å². The zero-order valence-electron chi connectivity index (χ0n) is 14.2. The first-order valence-electron chi connectivity index (χ1n) is 7.58. The molecule has 0 amide bonds. The number of rotatable bonds is 2. The van der Waals surface area contributed by atoms with Crippen LogP contribution >= 0.6 is 0 Å². The van der Waals surface area contributed by atoms with Gasteiger partial charge in [-0.3, -0.25) is 4.79 Å². The third-order valence-corrected chi connectivity index (χ3v) is 4.27.